The molecule has 132 valence electrons. The van der Waals surface area contributed by atoms with Crippen molar-refractivity contribution in [3.63, 3.8) is 0 Å². The van der Waals surface area contributed by atoms with Crippen molar-refractivity contribution in [3.8, 4) is 0 Å². The van der Waals surface area contributed by atoms with Gasteiger partial charge in [-0.15, -0.1) is 0 Å². The van der Waals surface area contributed by atoms with Crippen LogP contribution in [0.2, 0.25) is 5.02 Å². The van der Waals surface area contributed by atoms with Crippen molar-refractivity contribution in [1.82, 2.24) is 10.1 Å². The highest BCUT2D eigenvalue weighted by Gasteiger charge is 2.39. The number of carbonyl (C=O) groups is 2. The third-order valence-corrected chi connectivity index (χ3v) is 4.78. The molecule has 1 aromatic carbocycles. The minimum atomic E-state index is -0.907. The minimum absolute atomic E-state index is 0.0315. The van der Waals surface area contributed by atoms with E-state index in [4.69, 9.17) is 21.9 Å². The molecule has 1 aliphatic carbocycles. The summed E-state index contributed by atoms with van der Waals surface area (Å²) in [7, 11) is 0. The molecule has 8 heteroatoms. The molecule has 2 aromatic rings. The Labute approximate surface area is 148 Å². The van der Waals surface area contributed by atoms with Crippen LogP contribution in [0.15, 0.2) is 22.9 Å². The molecule has 1 aliphatic rings. The zero-order chi connectivity index (χ0) is 18.3. The van der Waals surface area contributed by atoms with Gasteiger partial charge in [-0.2, -0.15) is 0 Å². The van der Waals surface area contributed by atoms with Gasteiger partial charge in [0, 0.05) is 10.6 Å². The number of hydrogen-bond acceptors (Lipinski definition) is 4. The van der Waals surface area contributed by atoms with Crippen molar-refractivity contribution in [2.45, 2.75) is 38.8 Å². The highest BCUT2D eigenvalue weighted by atomic mass is 35.5. The monoisotopic (exact) mass is 365 g/mol. The fourth-order valence-corrected chi connectivity index (χ4v) is 3.46. The Bertz CT molecular complexity index is 852. The van der Waals surface area contributed by atoms with Gasteiger partial charge in [0.25, 0.3) is 5.91 Å². The molecule has 2 amide bonds. The van der Waals surface area contributed by atoms with Crippen LogP contribution in [-0.2, 0) is 11.2 Å². The van der Waals surface area contributed by atoms with E-state index in [1.807, 2.05) is 0 Å². The minimum Gasteiger partial charge on any atom is -0.368 e. The predicted octanol–water partition coefficient (Wildman–Crippen LogP) is 2.78. The third kappa shape index (κ3) is 3.00. The van der Waals surface area contributed by atoms with Gasteiger partial charge in [-0.3, -0.25) is 9.59 Å². The lowest BCUT2D eigenvalue weighted by atomic mass is 10.0. The molecule has 0 fully saturated rings. The number of carbonyl (C=O) groups excluding carboxylic acids is 2. The van der Waals surface area contributed by atoms with Gasteiger partial charge >= 0.3 is 0 Å². The van der Waals surface area contributed by atoms with Gasteiger partial charge in [0.15, 0.2) is 0 Å². The lowest BCUT2D eigenvalue weighted by molar-refractivity contribution is -0.122. The van der Waals surface area contributed by atoms with Crippen LogP contribution in [0.25, 0.3) is 0 Å². The fraction of sp³-hybridized carbons (Fsp3) is 0.353. The first-order valence-corrected chi connectivity index (χ1v) is 8.20. The largest absolute Gasteiger partial charge is 0.368 e. The molecule has 2 N–H and O–H groups in total. The van der Waals surface area contributed by atoms with Gasteiger partial charge in [-0.1, -0.05) is 16.8 Å². The van der Waals surface area contributed by atoms with Crippen molar-refractivity contribution >= 4 is 23.4 Å². The summed E-state index contributed by atoms with van der Waals surface area (Å²) in [6.45, 7) is 3.21. The van der Waals surface area contributed by atoms with Crippen molar-refractivity contribution in [1.29, 1.82) is 0 Å². The van der Waals surface area contributed by atoms with E-state index in [1.165, 1.54) is 24.1 Å². The van der Waals surface area contributed by atoms with Crippen molar-refractivity contribution in [3.05, 3.63) is 51.6 Å². The van der Waals surface area contributed by atoms with E-state index in [-0.39, 0.29) is 10.8 Å². The number of amides is 2. The van der Waals surface area contributed by atoms with Crippen LogP contribution in [0.4, 0.5) is 4.39 Å². The molecule has 0 radical (unpaired) electrons. The Balaban J connectivity index is 2.08. The maximum absolute atomic E-state index is 14.2. The van der Waals surface area contributed by atoms with E-state index in [0.717, 1.165) is 0 Å². The van der Waals surface area contributed by atoms with E-state index in [9.17, 15) is 14.0 Å². The maximum atomic E-state index is 14.2. The lowest BCUT2D eigenvalue weighted by Gasteiger charge is -2.33. The zero-order valence-corrected chi connectivity index (χ0v) is 14.5. The van der Waals surface area contributed by atoms with Gasteiger partial charge in [0.2, 0.25) is 11.7 Å². The van der Waals surface area contributed by atoms with Crippen molar-refractivity contribution in [2.75, 3.05) is 0 Å². The molecule has 25 heavy (non-hydrogen) atoms. The number of primary amides is 1. The van der Waals surface area contributed by atoms with E-state index in [2.05, 4.69) is 5.16 Å². The van der Waals surface area contributed by atoms with Gasteiger partial charge in [-0.05, 0) is 49.9 Å². The molecule has 0 spiro atoms. The Morgan fingerprint density at radius 3 is 2.80 bits per heavy atom. The van der Waals surface area contributed by atoms with Gasteiger partial charge in [-0.25, -0.2) is 4.39 Å². The smallest absolute Gasteiger partial charge is 0.293 e. The molecule has 1 heterocycles. The number of aromatic nitrogens is 1. The second kappa shape index (κ2) is 6.48. The Kier molecular flexibility index (Phi) is 4.51. The van der Waals surface area contributed by atoms with Crippen LogP contribution in [0.1, 0.15) is 46.6 Å². The highest BCUT2D eigenvalue weighted by molar-refractivity contribution is 6.30. The molecular formula is C17H17ClFN3O3. The first kappa shape index (κ1) is 17.4. The topological polar surface area (TPSA) is 89.4 Å². The number of aryl methyl sites for hydroxylation is 1. The van der Waals surface area contributed by atoms with Gasteiger partial charge in [0.1, 0.15) is 11.9 Å². The van der Waals surface area contributed by atoms with E-state index in [0.29, 0.717) is 29.5 Å². The third-order valence-electron chi connectivity index (χ3n) is 4.56. The van der Waals surface area contributed by atoms with Crippen LogP contribution in [0, 0.1) is 12.7 Å². The van der Waals surface area contributed by atoms with E-state index < -0.39 is 29.7 Å². The quantitative estimate of drug-likeness (QED) is 0.902. The van der Waals surface area contributed by atoms with Crippen LogP contribution in [0.3, 0.4) is 0 Å². The second-order valence-corrected chi connectivity index (χ2v) is 6.57. The summed E-state index contributed by atoms with van der Waals surface area (Å²) in [6.07, 6.45) is 2.32. The molecule has 0 saturated carbocycles. The number of nitrogens with two attached hydrogens (primary N) is 1. The van der Waals surface area contributed by atoms with Crippen molar-refractivity contribution < 1.29 is 18.5 Å². The van der Waals surface area contributed by atoms with Gasteiger partial charge < -0.3 is 15.2 Å². The summed E-state index contributed by atoms with van der Waals surface area (Å²) in [5.41, 5.74) is 7.06. The highest BCUT2D eigenvalue weighted by Crippen LogP contribution is 2.40. The number of halogens is 2. The number of rotatable bonds is 4. The van der Waals surface area contributed by atoms with E-state index in [1.54, 1.807) is 13.0 Å². The standard InChI is InChI=1S/C17H17ClFN3O3/c1-8-7-21-25-15(8)17(24)22(9(2)16(20)23)14-4-3-11-12(14)5-10(18)6-13(11)19/h5-7,9,14H,3-4H2,1-2H3,(H2,20,23)/t9-,14-/m1/s1. The molecule has 0 saturated heterocycles. The summed E-state index contributed by atoms with van der Waals surface area (Å²) in [5, 5.41) is 3.84. The zero-order valence-electron chi connectivity index (χ0n) is 13.8. The first-order valence-electron chi connectivity index (χ1n) is 7.82. The van der Waals surface area contributed by atoms with E-state index >= 15 is 0 Å². The molecule has 0 aliphatic heterocycles. The second-order valence-electron chi connectivity index (χ2n) is 6.14. The average molecular weight is 366 g/mol. The number of hydrogen-bond donors (Lipinski definition) is 1. The Morgan fingerprint density at radius 2 is 2.20 bits per heavy atom. The Hall–Kier alpha value is -2.41. The summed E-state index contributed by atoms with van der Waals surface area (Å²) in [4.78, 5) is 26.1. The molecule has 6 nitrogen and oxygen atoms in total. The molecule has 3 rings (SSSR count). The first-order chi connectivity index (χ1) is 11.8. The van der Waals surface area contributed by atoms with Crippen LogP contribution < -0.4 is 5.73 Å². The Morgan fingerprint density at radius 1 is 1.48 bits per heavy atom. The number of nitrogens with zero attached hydrogens (tertiary/aromatic N) is 2. The number of benzene rings is 1. The number of fused-ring (bicyclic) bond motifs is 1. The molecule has 0 unspecified atom stereocenters. The molecule has 1 aromatic heterocycles. The van der Waals surface area contributed by atoms with Crippen molar-refractivity contribution in [2.24, 2.45) is 5.73 Å². The van der Waals surface area contributed by atoms with Crippen LogP contribution in [0.5, 0.6) is 0 Å². The summed E-state index contributed by atoms with van der Waals surface area (Å²) in [5.74, 6) is -1.56. The fourth-order valence-electron chi connectivity index (χ4n) is 3.25. The normalized spacial score (nSPS) is 17.2. The summed E-state index contributed by atoms with van der Waals surface area (Å²) >= 11 is 5.98. The average Bonchev–Trinajstić information content (AvgIpc) is 3.14. The predicted molar refractivity (Wildman–Crippen MR) is 88.5 cm³/mol. The van der Waals surface area contributed by atoms with Crippen LogP contribution in [-0.4, -0.2) is 27.9 Å². The maximum Gasteiger partial charge on any atom is 0.293 e. The van der Waals surface area contributed by atoms with Crippen LogP contribution >= 0.6 is 11.6 Å². The lowest BCUT2D eigenvalue weighted by Crippen LogP contribution is -2.47. The molecule has 0 bridgehead atoms. The SMILES string of the molecule is Cc1cnoc1C(=O)N([C@H](C)C(N)=O)[C@@H]1CCc2c(F)cc(Cl)cc21. The molecule has 2 atom stereocenters. The summed E-state index contributed by atoms with van der Waals surface area (Å²) in [6, 6.07) is 1.43. The van der Waals surface area contributed by atoms with Gasteiger partial charge in [0.05, 0.1) is 12.2 Å². The summed E-state index contributed by atoms with van der Waals surface area (Å²) < 4.78 is 19.2. The molecular weight excluding hydrogens is 349 g/mol.